The highest BCUT2D eigenvalue weighted by molar-refractivity contribution is 6.04. The van der Waals surface area contributed by atoms with E-state index in [1.807, 2.05) is 24.3 Å². The Kier molecular flexibility index (Phi) is 4.76. The van der Waals surface area contributed by atoms with Gasteiger partial charge in [0.15, 0.2) is 5.69 Å². The minimum atomic E-state index is -0.195. The predicted molar refractivity (Wildman–Crippen MR) is 89.9 cm³/mol. The number of rotatable bonds is 5. The number of carbonyl (C=O) groups is 1. The lowest BCUT2D eigenvalue weighted by Gasteiger charge is -2.11. The number of anilines is 1. The molecule has 23 heavy (non-hydrogen) atoms. The summed E-state index contributed by atoms with van der Waals surface area (Å²) >= 11 is 0. The van der Waals surface area contributed by atoms with Gasteiger partial charge in [-0.05, 0) is 37.8 Å². The summed E-state index contributed by atoms with van der Waals surface area (Å²) in [5.41, 5.74) is 3.30. The molecule has 2 N–H and O–H groups in total. The quantitative estimate of drug-likeness (QED) is 0.656. The molecule has 2 aromatic rings. The standard InChI is InChI=1S/C18H21N3O2/c1-2-12-23-16-11-7-6-10-15(16)19-18(22)17-13-8-4-3-5-9-14(13)20-21-17/h2,6-7,10-11H,1,3-5,8-9,12H2,(H,19,22)(H,20,21). The molecule has 1 aliphatic carbocycles. The average molecular weight is 311 g/mol. The average Bonchev–Trinajstić information content (AvgIpc) is 2.83. The molecular weight excluding hydrogens is 290 g/mol. The van der Waals surface area contributed by atoms with Crippen molar-refractivity contribution in [3.05, 3.63) is 53.9 Å². The normalized spacial score (nSPS) is 13.7. The fourth-order valence-electron chi connectivity index (χ4n) is 2.87. The second kappa shape index (κ2) is 7.13. The van der Waals surface area contributed by atoms with Gasteiger partial charge < -0.3 is 10.1 Å². The van der Waals surface area contributed by atoms with Crippen molar-refractivity contribution in [2.45, 2.75) is 32.1 Å². The van der Waals surface area contributed by atoms with Crippen molar-refractivity contribution < 1.29 is 9.53 Å². The second-order valence-corrected chi connectivity index (χ2v) is 5.64. The Hall–Kier alpha value is -2.56. The van der Waals surface area contributed by atoms with Gasteiger partial charge in [0.1, 0.15) is 12.4 Å². The molecule has 1 aliphatic rings. The Labute approximate surface area is 135 Å². The zero-order chi connectivity index (χ0) is 16.1. The maximum atomic E-state index is 12.6. The van der Waals surface area contributed by atoms with Crippen molar-refractivity contribution in [2.75, 3.05) is 11.9 Å². The molecule has 0 bridgehead atoms. The van der Waals surface area contributed by atoms with Gasteiger partial charge in [-0.1, -0.05) is 31.2 Å². The number of nitrogens with zero attached hydrogens (tertiary/aromatic N) is 1. The molecule has 120 valence electrons. The van der Waals surface area contributed by atoms with Crippen molar-refractivity contribution in [1.82, 2.24) is 10.2 Å². The molecule has 1 amide bonds. The molecule has 0 radical (unpaired) electrons. The van der Waals surface area contributed by atoms with Crippen LogP contribution in [0, 0.1) is 0 Å². The lowest BCUT2D eigenvalue weighted by atomic mass is 10.1. The van der Waals surface area contributed by atoms with Crippen LogP contribution in [-0.4, -0.2) is 22.7 Å². The molecule has 0 unspecified atom stereocenters. The minimum Gasteiger partial charge on any atom is -0.487 e. The van der Waals surface area contributed by atoms with Crippen molar-refractivity contribution in [3.63, 3.8) is 0 Å². The third kappa shape index (κ3) is 3.44. The summed E-state index contributed by atoms with van der Waals surface area (Å²) in [5.74, 6) is 0.432. The Morgan fingerprint density at radius 3 is 3.00 bits per heavy atom. The minimum absolute atomic E-state index is 0.195. The number of carbonyl (C=O) groups excluding carboxylic acids is 1. The molecule has 1 aromatic carbocycles. The number of hydrogen-bond acceptors (Lipinski definition) is 3. The van der Waals surface area contributed by atoms with E-state index in [2.05, 4.69) is 22.1 Å². The van der Waals surface area contributed by atoms with Gasteiger partial charge in [-0.15, -0.1) is 0 Å². The number of hydrogen-bond donors (Lipinski definition) is 2. The topological polar surface area (TPSA) is 67.0 Å². The number of amides is 1. The summed E-state index contributed by atoms with van der Waals surface area (Å²) < 4.78 is 5.58. The van der Waals surface area contributed by atoms with Gasteiger partial charge in [0.25, 0.3) is 5.91 Å². The first-order valence-electron chi connectivity index (χ1n) is 8.00. The highest BCUT2D eigenvalue weighted by Crippen LogP contribution is 2.26. The Bertz CT molecular complexity index is 706. The SMILES string of the molecule is C=CCOc1ccccc1NC(=O)c1n[nH]c2c1CCCCC2. The third-order valence-electron chi connectivity index (χ3n) is 4.01. The summed E-state index contributed by atoms with van der Waals surface area (Å²) in [7, 11) is 0. The largest absolute Gasteiger partial charge is 0.487 e. The van der Waals surface area contributed by atoms with Gasteiger partial charge in [-0.25, -0.2) is 0 Å². The highest BCUT2D eigenvalue weighted by Gasteiger charge is 2.21. The molecular formula is C18H21N3O2. The summed E-state index contributed by atoms with van der Waals surface area (Å²) in [4.78, 5) is 12.6. The van der Waals surface area contributed by atoms with Crippen molar-refractivity contribution in [3.8, 4) is 5.75 Å². The number of aromatic nitrogens is 2. The van der Waals surface area contributed by atoms with Crippen LogP contribution in [-0.2, 0) is 12.8 Å². The van der Waals surface area contributed by atoms with Crippen LogP contribution in [0.1, 0.15) is 41.0 Å². The van der Waals surface area contributed by atoms with Gasteiger partial charge in [0, 0.05) is 11.3 Å². The summed E-state index contributed by atoms with van der Waals surface area (Å²) in [6.07, 6.45) is 6.99. The van der Waals surface area contributed by atoms with Crippen LogP contribution < -0.4 is 10.1 Å². The first-order chi connectivity index (χ1) is 11.3. The first kappa shape index (κ1) is 15.3. The Morgan fingerprint density at radius 1 is 1.30 bits per heavy atom. The van der Waals surface area contributed by atoms with Crippen LogP contribution >= 0.6 is 0 Å². The lowest BCUT2D eigenvalue weighted by molar-refractivity contribution is 0.102. The summed E-state index contributed by atoms with van der Waals surface area (Å²) in [6.45, 7) is 4.03. The number of ether oxygens (including phenoxy) is 1. The van der Waals surface area contributed by atoms with E-state index in [0.29, 0.717) is 23.7 Å². The van der Waals surface area contributed by atoms with Gasteiger partial charge in [0.2, 0.25) is 0 Å². The number of para-hydroxylation sites is 2. The molecule has 1 aromatic heterocycles. The van der Waals surface area contributed by atoms with Crippen LogP contribution in [0.15, 0.2) is 36.9 Å². The molecule has 0 saturated carbocycles. The molecule has 5 nitrogen and oxygen atoms in total. The molecule has 0 saturated heterocycles. The third-order valence-corrected chi connectivity index (χ3v) is 4.01. The molecule has 0 fully saturated rings. The zero-order valence-electron chi connectivity index (χ0n) is 13.1. The van der Waals surface area contributed by atoms with Crippen molar-refractivity contribution in [1.29, 1.82) is 0 Å². The fraction of sp³-hybridized carbons (Fsp3) is 0.333. The van der Waals surface area contributed by atoms with E-state index in [1.165, 1.54) is 6.42 Å². The van der Waals surface area contributed by atoms with Crippen LogP contribution in [0.5, 0.6) is 5.75 Å². The van der Waals surface area contributed by atoms with Crippen LogP contribution in [0.3, 0.4) is 0 Å². The van der Waals surface area contributed by atoms with Gasteiger partial charge in [-0.3, -0.25) is 9.89 Å². The van der Waals surface area contributed by atoms with Gasteiger partial charge in [0.05, 0.1) is 5.69 Å². The Morgan fingerprint density at radius 2 is 2.13 bits per heavy atom. The van der Waals surface area contributed by atoms with Crippen molar-refractivity contribution in [2.24, 2.45) is 0 Å². The van der Waals surface area contributed by atoms with E-state index in [1.54, 1.807) is 6.08 Å². The number of H-pyrrole nitrogens is 1. The maximum absolute atomic E-state index is 12.6. The number of fused-ring (bicyclic) bond motifs is 1. The van der Waals surface area contributed by atoms with E-state index in [0.717, 1.165) is 36.9 Å². The zero-order valence-corrected chi connectivity index (χ0v) is 13.1. The Balaban J connectivity index is 1.80. The monoisotopic (exact) mass is 311 g/mol. The molecule has 0 atom stereocenters. The number of aromatic amines is 1. The first-order valence-corrected chi connectivity index (χ1v) is 8.00. The number of nitrogens with one attached hydrogen (secondary N) is 2. The van der Waals surface area contributed by atoms with Crippen LogP contribution in [0.4, 0.5) is 5.69 Å². The number of aryl methyl sites for hydroxylation is 1. The van der Waals surface area contributed by atoms with Crippen molar-refractivity contribution >= 4 is 11.6 Å². The van der Waals surface area contributed by atoms with E-state index in [4.69, 9.17) is 4.74 Å². The van der Waals surface area contributed by atoms with E-state index >= 15 is 0 Å². The van der Waals surface area contributed by atoms with Crippen LogP contribution in [0.2, 0.25) is 0 Å². The van der Waals surface area contributed by atoms with Crippen LogP contribution in [0.25, 0.3) is 0 Å². The predicted octanol–water partition coefficient (Wildman–Crippen LogP) is 3.50. The maximum Gasteiger partial charge on any atom is 0.276 e. The summed E-state index contributed by atoms with van der Waals surface area (Å²) in [6, 6.07) is 7.38. The highest BCUT2D eigenvalue weighted by atomic mass is 16.5. The molecule has 5 heteroatoms. The smallest absolute Gasteiger partial charge is 0.276 e. The second-order valence-electron chi connectivity index (χ2n) is 5.64. The number of benzene rings is 1. The lowest BCUT2D eigenvalue weighted by Crippen LogP contribution is -2.15. The van der Waals surface area contributed by atoms with E-state index in [9.17, 15) is 4.79 Å². The molecule has 1 heterocycles. The van der Waals surface area contributed by atoms with Gasteiger partial charge >= 0.3 is 0 Å². The summed E-state index contributed by atoms with van der Waals surface area (Å²) in [5, 5.41) is 10.2. The van der Waals surface area contributed by atoms with E-state index < -0.39 is 0 Å². The fourth-order valence-corrected chi connectivity index (χ4v) is 2.87. The van der Waals surface area contributed by atoms with Gasteiger partial charge in [-0.2, -0.15) is 5.10 Å². The van der Waals surface area contributed by atoms with E-state index in [-0.39, 0.29) is 5.91 Å². The molecule has 0 aliphatic heterocycles. The molecule has 0 spiro atoms. The molecule has 3 rings (SSSR count).